The molecule has 0 saturated heterocycles. The molecule has 0 fully saturated rings. The Hall–Kier alpha value is -6.84. The van der Waals surface area contributed by atoms with Crippen molar-refractivity contribution in [2.24, 2.45) is 28.2 Å². The molecule has 6 aromatic rings. The van der Waals surface area contributed by atoms with Crippen LogP contribution in [0.15, 0.2) is 68.7 Å². The molecule has 0 saturated carbocycles. The number of benzene rings is 2. The van der Waals surface area contributed by atoms with Gasteiger partial charge in [-0.1, -0.05) is 31.2 Å². The topological polar surface area (TPSA) is 161 Å². The number of fused-ring (bicyclic) bond motifs is 2. The first-order valence-electron chi connectivity index (χ1n) is 18.0. The van der Waals surface area contributed by atoms with E-state index >= 15 is 0 Å². The molecular weight excluding hydrogens is 732 g/mol. The summed E-state index contributed by atoms with van der Waals surface area (Å²) in [5.74, 6) is 3.70. The van der Waals surface area contributed by atoms with Gasteiger partial charge >= 0.3 is 11.4 Å². The standard InChI is InChI=1S/C20H24N4O4.C19H22N4O4.C2H4/c1-6-11-24-18-17(19(25)23(3)20(24)26)22(2)16(21-18)10-8-13-7-9-14(27-4)15(12-13)28-5;1-6-23-17-16(18(24)22(3)19(23)25)21(2)15(20-17)10-8-12-7-9-13(26-4)14(11-12)27-5;1-2/h7-10,12H,6,11H2,1-5H3;7-11H,6H2,1-5H3;1-2H2/b2*10-8+;. The summed E-state index contributed by atoms with van der Waals surface area (Å²) in [6.45, 7) is 10.8. The van der Waals surface area contributed by atoms with Gasteiger partial charge in [0.15, 0.2) is 45.3 Å². The number of nitrogens with zero attached hydrogens (tertiary/aromatic N) is 8. The summed E-state index contributed by atoms with van der Waals surface area (Å²) in [5, 5.41) is 0. The second kappa shape index (κ2) is 18.7. The second-order valence-corrected chi connectivity index (χ2v) is 12.5. The molecule has 16 heteroatoms. The maximum absolute atomic E-state index is 12.6. The minimum absolute atomic E-state index is 0.354. The van der Waals surface area contributed by atoms with Gasteiger partial charge in [-0.2, -0.15) is 0 Å². The Morgan fingerprint density at radius 2 is 0.947 bits per heavy atom. The molecule has 0 amide bonds. The molecule has 0 N–H and O–H groups in total. The van der Waals surface area contributed by atoms with Crippen LogP contribution in [0.2, 0.25) is 0 Å². The summed E-state index contributed by atoms with van der Waals surface area (Å²) in [6.07, 6.45) is 8.10. The SMILES string of the molecule is C=C.CCCn1c(=O)n(C)c(=O)c2c1nc(/C=C/c1ccc(OC)c(OC)c1)n2C.CCn1c(=O)n(C)c(=O)c2c1nc(/C=C/c1ccc(OC)c(OC)c1)n2C. The lowest BCUT2D eigenvalue weighted by atomic mass is 10.2. The zero-order chi connectivity index (χ0) is 42.1. The predicted molar refractivity (Wildman–Crippen MR) is 225 cm³/mol. The van der Waals surface area contributed by atoms with E-state index < -0.39 is 0 Å². The van der Waals surface area contributed by atoms with Gasteiger partial charge in [-0.15, -0.1) is 13.2 Å². The largest absolute Gasteiger partial charge is 0.493 e. The fourth-order valence-corrected chi connectivity index (χ4v) is 6.15. The Labute approximate surface area is 329 Å². The van der Waals surface area contributed by atoms with Crippen LogP contribution < -0.4 is 41.4 Å². The van der Waals surface area contributed by atoms with E-state index in [0.717, 1.165) is 26.7 Å². The lowest BCUT2D eigenvalue weighted by Crippen LogP contribution is -2.38. The molecule has 0 spiro atoms. The Bertz CT molecular complexity index is 2710. The van der Waals surface area contributed by atoms with E-state index in [-0.39, 0.29) is 22.5 Å². The average Bonchev–Trinajstić information content (AvgIpc) is 3.74. The molecule has 302 valence electrons. The Balaban J connectivity index is 0.000000242. The highest BCUT2D eigenvalue weighted by Gasteiger charge is 2.18. The van der Waals surface area contributed by atoms with Gasteiger partial charge in [0.25, 0.3) is 11.1 Å². The molecule has 0 radical (unpaired) electrons. The molecular formula is C41H50N8O8. The molecule has 16 nitrogen and oxygen atoms in total. The third-order valence-corrected chi connectivity index (χ3v) is 9.21. The van der Waals surface area contributed by atoms with Gasteiger partial charge < -0.3 is 28.1 Å². The molecule has 0 aliphatic heterocycles. The summed E-state index contributed by atoms with van der Waals surface area (Å²) in [7, 11) is 12.8. The van der Waals surface area contributed by atoms with Crippen molar-refractivity contribution in [3.05, 3.63) is 114 Å². The summed E-state index contributed by atoms with van der Waals surface area (Å²) in [5.41, 5.74) is 1.94. The van der Waals surface area contributed by atoms with Crippen molar-refractivity contribution in [1.82, 2.24) is 37.4 Å². The van der Waals surface area contributed by atoms with Crippen LogP contribution in [0.1, 0.15) is 43.0 Å². The van der Waals surface area contributed by atoms with Crippen LogP contribution in [0, 0.1) is 0 Å². The molecule has 0 unspecified atom stereocenters. The molecule has 0 atom stereocenters. The van der Waals surface area contributed by atoms with Crippen molar-refractivity contribution >= 4 is 46.6 Å². The number of hydrogen-bond acceptors (Lipinski definition) is 10. The molecule has 6 rings (SSSR count). The summed E-state index contributed by atoms with van der Waals surface area (Å²) < 4.78 is 29.8. The Morgan fingerprint density at radius 1 is 0.561 bits per heavy atom. The van der Waals surface area contributed by atoms with Crippen LogP contribution in [0.5, 0.6) is 23.0 Å². The summed E-state index contributed by atoms with van der Waals surface area (Å²) in [6, 6.07) is 11.1. The highest BCUT2D eigenvalue weighted by molar-refractivity contribution is 5.78. The van der Waals surface area contributed by atoms with Gasteiger partial charge in [-0.25, -0.2) is 19.6 Å². The molecule has 2 aromatic carbocycles. The lowest BCUT2D eigenvalue weighted by molar-refractivity contribution is 0.355. The second-order valence-electron chi connectivity index (χ2n) is 12.5. The molecule has 4 heterocycles. The maximum atomic E-state index is 12.6. The number of methoxy groups -OCH3 is 4. The molecule has 0 aliphatic carbocycles. The zero-order valence-electron chi connectivity index (χ0n) is 34.2. The molecule has 57 heavy (non-hydrogen) atoms. The minimum atomic E-state index is -0.372. The quantitative estimate of drug-likeness (QED) is 0.172. The van der Waals surface area contributed by atoms with Crippen LogP contribution in [0.25, 0.3) is 46.6 Å². The summed E-state index contributed by atoms with van der Waals surface area (Å²) in [4.78, 5) is 58.9. The van der Waals surface area contributed by atoms with E-state index in [1.165, 1.54) is 18.7 Å². The number of hydrogen-bond donors (Lipinski definition) is 0. The van der Waals surface area contributed by atoms with Gasteiger partial charge in [0.1, 0.15) is 11.6 Å². The van der Waals surface area contributed by atoms with E-state index in [1.54, 1.807) is 68.4 Å². The van der Waals surface area contributed by atoms with E-state index in [9.17, 15) is 19.2 Å². The highest BCUT2D eigenvalue weighted by atomic mass is 16.5. The van der Waals surface area contributed by atoms with Crippen molar-refractivity contribution in [1.29, 1.82) is 0 Å². The van der Waals surface area contributed by atoms with Crippen molar-refractivity contribution in [3.63, 3.8) is 0 Å². The third kappa shape index (κ3) is 8.39. The fourth-order valence-electron chi connectivity index (χ4n) is 6.15. The first-order chi connectivity index (χ1) is 27.3. The number of rotatable bonds is 11. The minimum Gasteiger partial charge on any atom is -0.493 e. The van der Waals surface area contributed by atoms with E-state index in [2.05, 4.69) is 23.1 Å². The summed E-state index contributed by atoms with van der Waals surface area (Å²) >= 11 is 0. The fraction of sp³-hybridized carbons (Fsp3) is 0.317. The number of aromatic nitrogens is 8. The van der Waals surface area contributed by atoms with Crippen molar-refractivity contribution < 1.29 is 18.9 Å². The number of imidazole rings is 2. The van der Waals surface area contributed by atoms with Gasteiger partial charge in [0, 0.05) is 41.3 Å². The third-order valence-electron chi connectivity index (χ3n) is 9.21. The van der Waals surface area contributed by atoms with Crippen LogP contribution in [-0.4, -0.2) is 65.8 Å². The van der Waals surface area contributed by atoms with Gasteiger partial charge in [0.2, 0.25) is 0 Å². The van der Waals surface area contributed by atoms with Crippen molar-refractivity contribution in [3.8, 4) is 23.0 Å². The Morgan fingerprint density at radius 3 is 1.32 bits per heavy atom. The van der Waals surface area contributed by atoms with Gasteiger partial charge in [-0.05, 0) is 60.9 Å². The van der Waals surface area contributed by atoms with Crippen LogP contribution >= 0.6 is 0 Å². The smallest absolute Gasteiger partial charge is 0.332 e. The Kier molecular flexibility index (Phi) is 14.0. The van der Waals surface area contributed by atoms with Gasteiger partial charge in [0.05, 0.1) is 28.4 Å². The van der Waals surface area contributed by atoms with Crippen molar-refractivity contribution in [2.45, 2.75) is 33.4 Å². The van der Waals surface area contributed by atoms with Gasteiger partial charge in [-0.3, -0.25) is 27.9 Å². The van der Waals surface area contributed by atoms with Crippen molar-refractivity contribution in [2.75, 3.05) is 28.4 Å². The molecule has 4 aromatic heterocycles. The van der Waals surface area contributed by atoms with Crippen LogP contribution in [0.3, 0.4) is 0 Å². The highest BCUT2D eigenvalue weighted by Crippen LogP contribution is 2.29. The van der Waals surface area contributed by atoms with E-state index in [4.69, 9.17) is 18.9 Å². The number of ether oxygens (including phenoxy) is 4. The molecule has 0 aliphatic rings. The normalized spacial score (nSPS) is 11.1. The molecule has 0 bridgehead atoms. The number of aryl methyl sites for hydroxylation is 4. The zero-order valence-corrected chi connectivity index (χ0v) is 34.2. The first kappa shape index (κ1) is 42.9. The first-order valence-corrected chi connectivity index (χ1v) is 18.0. The van der Waals surface area contributed by atoms with Crippen LogP contribution in [0.4, 0.5) is 0 Å². The maximum Gasteiger partial charge on any atom is 0.332 e. The average molecular weight is 783 g/mol. The lowest BCUT2D eigenvalue weighted by Gasteiger charge is -2.07. The monoisotopic (exact) mass is 782 g/mol. The van der Waals surface area contributed by atoms with Crippen LogP contribution in [-0.2, 0) is 41.3 Å². The van der Waals surface area contributed by atoms with E-state index in [1.807, 2.05) is 62.4 Å². The predicted octanol–water partition coefficient (Wildman–Crippen LogP) is 4.47. The van der Waals surface area contributed by atoms with E-state index in [0.29, 0.717) is 70.1 Å².